The molecule has 2 nitrogen and oxygen atoms in total. The molecule has 0 bridgehead atoms. The first-order chi connectivity index (χ1) is 5.46. The second kappa shape index (κ2) is 3.35. The van der Waals surface area contributed by atoms with Crippen molar-refractivity contribution in [1.29, 1.82) is 0 Å². The molecule has 0 aromatic rings. The Balaban J connectivity index is 2.63. The van der Waals surface area contributed by atoms with Crippen LogP contribution in [0.5, 0.6) is 0 Å². The summed E-state index contributed by atoms with van der Waals surface area (Å²) in [5.41, 5.74) is -0.453. The minimum absolute atomic E-state index is 0.453. The summed E-state index contributed by atoms with van der Waals surface area (Å²) in [5, 5.41) is 9.87. The Morgan fingerprint density at radius 2 is 2.17 bits per heavy atom. The van der Waals surface area contributed by atoms with Gasteiger partial charge in [0, 0.05) is 18.6 Å². The van der Waals surface area contributed by atoms with Crippen LogP contribution in [-0.4, -0.2) is 34.2 Å². The summed E-state index contributed by atoms with van der Waals surface area (Å²) in [4.78, 5) is 2.40. The molecule has 2 unspecified atom stereocenters. The fraction of sp³-hybridized carbons (Fsp3) is 1.00. The number of β-amino-alcohol motifs (C(OH)–C–C–N with tert-alkyl or cyclic N) is 1. The zero-order valence-corrected chi connectivity index (χ0v) is 8.67. The summed E-state index contributed by atoms with van der Waals surface area (Å²) in [6, 6.07) is 1.14. The van der Waals surface area contributed by atoms with Crippen molar-refractivity contribution < 1.29 is 5.11 Å². The van der Waals surface area contributed by atoms with Crippen LogP contribution in [0.1, 0.15) is 40.5 Å². The summed E-state index contributed by atoms with van der Waals surface area (Å²) in [5.74, 6) is 0. The van der Waals surface area contributed by atoms with E-state index < -0.39 is 5.60 Å². The van der Waals surface area contributed by atoms with Gasteiger partial charge < -0.3 is 5.11 Å². The molecule has 1 aliphatic rings. The highest BCUT2D eigenvalue weighted by atomic mass is 16.3. The highest BCUT2D eigenvalue weighted by Crippen LogP contribution is 2.29. The Morgan fingerprint density at radius 3 is 2.50 bits per heavy atom. The SMILES string of the molecule is CCC1CC(C)(O)CN1C(C)C. The monoisotopic (exact) mass is 171 g/mol. The third-order valence-electron chi connectivity index (χ3n) is 2.80. The van der Waals surface area contributed by atoms with Crippen molar-refractivity contribution in [3.8, 4) is 0 Å². The highest BCUT2D eigenvalue weighted by Gasteiger charge is 2.38. The normalized spacial score (nSPS) is 38.0. The van der Waals surface area contributed by atoms with Gasteiger partial charge in [-0.15, -0.1) is 0 Å². The van der Waals surface area contributed by atoms with E-state index in [1.807, 2.05) is 6.92 Å². The lowest BCUT2D eigenvalue weighted by Gasteiger charge is -2.27. The number of nitrogens with zero attached hydrogens (tertiary/aromatic N) is 1. The maximum Gasteiger partial charge on any atom is 0.0761 e. The van der Waals surface area contributed by atoms with Gasteiger partial charge >= 0.3 is 0 Å². The van der Waals surface area contributed by atoms with Crippen LogP contribution in [-0.2, 0) is 0 Å². The summed E-state index contributed by atoms with van der Waals surface area (Å²) in [6.45, 7) is 9.37. The van der Waals surface area contributed by atoms with Crippen molar-refractivity contribution in [2.45, 2.75) is 58.2 Å². The Bertz CT molecular complexity index is 154. The molecule has 1 saturated heterocycles. The molecular formula is C10H21NO. The van der Waals surface area contributed by atoms with E-state index >= 15 is 0 Å². The molecule has 0 aromatic heterocycles. The maximum atomic E-state index is 9.87. The first kappa shape index (κ1) is 10.0. The molecule has 1 N–H and O–H groups in total. The Morgan fingerprint density at radius 1 is 1.58 bits per heavy atom. The molecule has 2 atom stereocenters. The van der Waals surface area contributed by atoms with Gasteiger partial charge in [0.1, 0.15) is 0 Å². The molecule has 12 heavy (non-hydrogen) atoms. The molecule has 2 heteroatoms. The zero-order valence-electron chi connectivity index (χ0n) is 8.67. The lowest BCUT2D eigenvalue weighted by atomic mass is 10.0. The predicted octanol–water partition coefficient (Wildman–Crippen LogP) is 1.63. The maximum absolute atomic E-state index is 9.87. The third kappa shape index (κ3) is 1.99. The standard InChI is InChI=1S/C10H21NO/c1-5-9-6-10(4,12)7-11(9)8(2)3/h8-9,12H,5-7H2,1-4H3. The summed E-state index contributed by atoms with van der Waals surface area (Å²) in [7, 11) is 0. The number of likely N-dealkylation sites (tertiary alicyclic amines) is 1. The summed E-state index contributed by atoms with van der Waals surface area (Å²) in [6.07, 6.45) is 2.08. The number of rotatable bonds is 2. The molecule has 1 heterocycles. The summed E-state index contributed by atoms with van der Waals surface area (Å²) < 4.78 is 0. The van der Waals surface area contributed by atoms with Gasteiger partial charge in [-0.05, 0) is 33.6 Å². The molecule has 0 aliphatic carbocycles. The van der Waals surface area contributed by atoms with Crippen LogP contribution < -0.4 is 0 Å². The van der Waals surface area contributed by atoms with Crippen LogP contribution in [0.4, 0.5) is 0 Å². The average Bonchev–Trinajstić information content (AvgIpc) is 2.25. The molecule has 0 saturated carbocycles. The topological polar surface area (TPSA) is 23.5 Å². The fourth-order valence-electron chi connectivity index (χ4n) is 2.19. The van der Waals surface area contributed by atoms with Crippen molar-refractivity contribution in [3.63, 3.8) is 0 Å². The largest absolute Gasteiger partial charge is 0.389 e. The number of hydrogen-bond donors (Lipinski definition) is 1. The van der Waals surface area contributed by atoms with E-state index in [1.165, 1.54) is 0 Å². The molecule has 1 fully saturated rings. The van der Waals surface area contributed by atoms with Gasteiger partial charge in [-0.25, -0.2) is 0 Å². The molecule has 0 radical (unpaired) electrons. The van der Waals surface area contributed by atoms with Gasteiger partial charge in [0.05, 0.1) is 5.60 Å². The van der Waals surface area contributed by atoms with Gasteiger partial charge in [0.2, 0.25) is 0 Å². The van der Waals surface area contributed by atoms with Crippen LogP contribution in [0.25, 0.3) is 0 Å². The van der Waals surface area contributed by atoms with E-state index in [-0.39, 0.29) is 0 Å². The molecule has 0 aromatic carbocycles. The molecule has 72 valence electrons. The van der Waals surface area contributed by atoms with Gasteiger partial charge in [0.25, 0.3) is 0 Å². The smallest absolute Gasteiger partial charge is 0.0761 e. The minimum atomic E-state index is -0.453. The van der Waals surface area contributed by atoms with E-state index in [2.05, 4.69) is 25.7 Å². The van der Waals surface area contributed by atoms with Crippen molar-refractivity contribution in [1.82, 2.24) is 4.90 Å². The molecular weight excluding hydrogens is 150 g/mol. The van der Waals surface area contributed by atoms with Gasteiger partial charge in [-0.2, -0.15) is 0 Å². The quantitative estimate of drug-likeness (QED) is 0.682. The Labute approximate surface area is 75.6 Å². The molecule has 0 spiro atoms. The fourth-order valence-corrected chi connectivity index (χ4v) is 2.19. The number of aliphatic hydroxyl groups is 1. The van der Waals surface area contributed by atoms with Gasteiger partial charge in [-0.3, -0.25) is 4.90 Å². The minimum Gasteiger partial charge on any atom is -0.389 e. The second-order valence-corrected chi connectivity index (χ2v) is 4.53. The van der Waals surface area contributed by atoms with Crippen molar-refractivity contribution >= 4 is 0 Å². The van der Waals surface area contributed by atoms with Gasteiger partial charge in [0.15, 0.2) is 0 Å². The van der Waals surface area contributed by atoms with E-state index in [4.69, 9.17) is 0 Å². The predicted molar refractivity (Wildman–Crippen MR) is 51.2 cm³/mol. The lowest BCUT2D eigenvalue weighted by molar-refractivity contribution is 0.0645. The van der Waals surface area contributed by atoms with Crippen LogP contribution in [0, 0.1) is 0 Å². The summed E-state index contributed by atoms with van der Waals surface area (Å²) >= 11 is 0. The van der Waals surface area contributed by atoms with Crippen LogP contribution in [0.2, 0.25) is 0 Å². The van der Waals surface area contributed by atoms with Crippen molar-refractivity contribution in [3.05, 3.63) is 0 Å². The molecule has 1 rings (SSSR count). The Hall–Kier alpha value is -0.0800. The first-order valence-corrected chi connectivity index (χ1v) is 4.94. The van der Waals surface area contributed by atoms with Crippen molar-refractivity contribution in [2.75, 3.05) is 6.54 Å². The van der Waals surface area contributed by atoms with E-state index in [1.54, 1.807) is 0 Å². The molecule has 1 aliphatic heterocycles. The van der Waals surface area contributed by atoms with Crippen LogP contribution in [0.15, 0.2) is 0 Å². The van der Waals surface area contributed by atoms with E-state index in [9.17, 15) is 5.11 Å². The van der Waals surface area contributed by atoms with Crippen LogP contribution >= 0.6 is 0 Å². The Kier molecular flexibility index (Phi) is 2.79. The van der Waals surface area contributed by atoms with Crippen molar-refractivity contribution in [2.24, 2.45) is 0 Å². The molecule has 0 amide bonds. The average molecular weight is 171 g/mol. The first-order valence-electron chi connectivity index (χ1n) is 4.94. The van der Waals surface area contributed by atoms with Gasteiger partial charge in [-0.1, -0.05) is 6.92 Å². The van der Waals surface area contributed by atoms with Crippen LogP contribution in [0.3, 0.4) is 0 Å². The lowest BCUT2D eigenvalue weighted by Crippen LogP contribution is -2.37. The van der Waals surface area contributed by atoms with E-state index in [0.29, 0.717) is 12.1 Å². The number of hydrogen-bond acceptors (Lipinski definition) is 2. The second-order valence-electron chi connectivity index (χ2n) is 4.53. The third-order valence-corrected chi connectivity index (χ3v) is 2.80. The zero-order chi connectivity index (χ0) is 9.35. The van der Waals surface area contributed by atoms with E-state index in [0.717, 1.165) is 19.4 Å². The highest BCUT2D eigenvalue weighted by molar-refractivity contribution is 4.94.